The van der Waals surface area contributed by atoms with Gasteiger partial charge in [0.1, 0.15) is 0 Å². The molecule has 2 saturated heterocycles. The van der Waals surface area contributed by atoms with Gasteiger partial charge in [-0.25, -0.2) is 0 Å². The fraction of sp³-hybridized carbons (Fsp3) is 0.938. The van der Waals surface area contributed by atoms with Crippen LogP contribution in [0.5, 0.6) is 0 Å². The topological polar surface area (TPSA) is 53.6 Å². The van der Waals surface area contributed by atoms with Crippen molar-refractivity contribution in [3.63, 3.8) is 0 Å². The highest BCUT2D eigenvalue weighted by molar-refractivity contribution is 5.79. The molecule has 0 spiro atoms. The van der Waals surface area contributed by atoms with E-state index in [1.165, 1.54) is 32.4 Å². The van der Waals surface area contributed by atoms with Crippen molar-refractivity contribution in [3.8, 4) is 0 Å². The highest BCUT2D eigenvalue weighted by atomic mass is 16.5. The Hall–Kier alpha value is -0.650. The van der Waals surface area contributed by atoms with E-state index in [1.807, 2.05) is 0 Å². The molecule has 0 bridgehead atoms. The average Bonchev–Trinajstić information content (AvgIpc) is 3.06. The second-order valence-electron chi connectivity index (χ2n) is 6.83. The average molecular weight is 295 g/mol. The van der Waals surface area contributed by atoms with Crippen LogP contribution in [0.15, 0.2) is 0 Å². The van der Waals surface area contributed by atoms with Crippen molar-refractivity contribution < 1.29 is 9.53 Å². The van der Waals surface area contributed by atoms with Gasteiger partial charge in [0.15, 0.2) is 0 Å². The molecule has 2 N–H and O–H groups in total. The van der Waals surface area contributed by atoms with E-state index >= 15 is 0 Å². The zero-order valence-corrected chi connectivity index (χ0v) is 13.1. The lowest BCUT2D eigenvalue weighted by Gasteiger charge is -2.20. The molecule has 5 heteroatoms. The molecule has 2 aliphatic heterocycles. The standard InChI is InChI=1S/C16H29N3O2/c1-2-6-17-15-11-21-10-14(15)16(20)18-8-12-5-7-19(9-12)13-3-4-13/h12-15,17H,2-11H2,1H3,(H,18,20). The van der Waals surface area contributed by atoms with Crippen LogP contribution in [0.25, 0.3) is 0 Å². The maximum atomic E-state index is 12.4. The van der Waals surface area contributed by atoms with Crippen molar-refractivity contribution in [1.82, 2.24) is 15.5 Å². The highest BCUT2D eigenvalue weighted by Crippen LogP contribution is 2.31. The van der Waals surface area contributed by atoms with Crippen LogP contribution in [-0.2, 0) is 9.53 Å². The molecule has 21 heavy (non-hydrogen) atoms. The van der Waals surface area contributed by atoms with Crippen LogP contribution < -0.4 is 10.6 Å². The number of rotatable bonds is 7. The van der Waals surface area contributed by atoms with Crippen molar-refractivity contribution >= 4 is 5.91 Å². The van der Waals surface area contributed by atoms with E-state index in [4.69, 9.17) is 4.74 Å². The Morgan fingerprint density at radius 1 is 1.29 bits per heavy atom. The molecule has 3 fully saturated rings. The van der Waals surface area contributed by atoms with Crippen molar-refractivity contribution in [2.24, 2.45) is 11.8 Å². The second kappa shape index (κ2) is 7.07. The molecule has 3 rings (SSSR count). The fourth-order valence-electron chi connectivity index (χ4n) is 3.52. The lowest BCUT2D eigenvalue weighted by atomic mass is 10.0. The Bertz CT molecular complexity index is 359. The SMILES string of the molecule is CCCNC1COCC1C(=O)NCC1CCN(C2CC2)C1. The van der Waals surface area contributed by atoms with E-state index in [-0.39, 0.29) is 17.9 Å². The van der Waals surface area contributed by atoms with Gasteiger partial charge < -0.3 is 20.3 Å². The first-order valence-corrected chi connectivity index (χ1v) is 8.60. The van der Waals surface area contributed by atoms with Gasteiger partial charge in [0, 0.05) is 25.2 Å². The van der Waals surface area contributed by atoms with E-state index in [0.717, 1.165) is 25.6 Å². The number of nitrogens with zero attached hydrogens (tertiary/aromatic N) is 1. The third-order valence-corrected chi connectivity index (χ3v) is 5.02. The van der Waals surface area contributed by atoms with Gasteiger partial charge in [0.25, 0.3) is 0 Å². The number of hydrogen-bond donors (Lipinski definition) is 2. The van der Waals surface area contributed by atoms with Gasteiger partial charge in [-0.05, 0) is 44.7 Å². The van der Waals surface area contributed by atoms with Gasteiger partial charge in [0.05, 0.1) is 19.1 Å². The van der Waals surface area contributed by atoms with Gasteiger partial charge in [-0.1, -0.05) is 6.92 Å². The fourth-order valence-corrected chi connectivity index (χ4v) is 3.52. The molecule has 3 atom stereocenters. The molecule has 2 heterocycles. The number of amides is 1. The number of hydrogen-bond acceptors (Lipinski definition) is 4. The van der Waals surface area contributed by atoms with Crippen molar-refractivity contribution in [2.75, 3.05) is 39.4 Å². The Labute approximate surface area is 127 Å². The van der Waals surface area contributed by atoms with Crippen molar-refractivity contribution in [3.05, 3.63) is 0 Å². The molecule has 1 aliphatic carbocycles. The van der Waals surface area contributed by atoms with Crippen LogP contribution in [0, 0.1) is 11.8 Å². The van der Waals surface area contributed by atoms with Crippen molar-refractivity contribution in [1.29, 1.82) is 0 Å². The Morgan fingerprint density at radius 2 is 2.14 bits per heavy atom. The molecule has 0 aromatic carbocycles. The summed E-state index contributed by atoms with van der Waals surface area (Å²) in [6.45, 7) is 7.55. The molecular weight excluding hydrogens is 266 g/mol. The van der Waals surface area contributed by atoms with E-state index < -0.39 is 0 Å². The first-order chi connectivity index (χ1) is 10.3. The van der Waals surface area contributed by atoms with Gasteiger partial charge in [0.2, 0.25) is 5.91 Å². The normalized spacial score (nSPS) is 33.5. The van der Waals surface area contributed by atoms with Gasteiger partial charge >= 0.3 is 0 Å². The summed E-state index contributed by atoms with van der Waals surface area (Å²) in [5, 5.41) is 6.59. The third-order valence-electron chi connectivity index (χ3n) is 5.02. The van der Waals surface area contributed by atoms with Crippen LogP contribution >= 0.6 is 0 Å². The summed E-state index contributed by atoms with van der Waals surface area (Å²) in [5.74, 6) is 0.794. The summed E-state index contributed by atoms with van der Waals surface area (Å²) in [7, 11) is 0. The second-order valence-corrected chi connectivity index (χ2v) is 6.83. The lowest BCUT2D eigenvalue weighted by molar-refractivity contribution is -0.125. The van der Waals surface area contributed by atoms with Crippen molar-refractivity contribution in [2.45, 2.75) is 44.7 Å². The zero-order chi connectivity index (χ0) is 14.7. The lowest BCUT2D eigenvalue weighted by Crippen LogP contribution is -2.45. The first-order valence-electron chi connectivity index (χ1n) is 8.60. The van der Waals surface area contributed by atoms with Crippen LogP contribution in [0.1, 0.15) is 32.6 Å². The molecule has 0 aromatic rings. The van der Waals surface area contributed by atoms with Gasteiger partial charge in [-0.3, -0.25) is 4.79 Å². The highest BCUT2D eigenvalue weighted by Gasteiger charge is 2.36. The minimum atomic E-state index is -0.0162. The van der Waals surface area contributed by atoms with E-state index in [2.05, 4.69) is 22.5 Å². The van der Waals surface area contributed by atoms with E-state index in [0.29, 0.717) is 19.1 Å². The Kier molecular flexibility index (Phi) is 5.14. The first kappa shape index (κ1) is 15.3. The zero-order valence-electron chi connectivity index (χ0n) is 13.1. The summed E-state index contributed by atoms with van der Waals surface area (Å²) in [5.41, 5.74) is 0. The summed E-state index contributed by atoms with van der Waals surface area (Å²) < 4.78 is 5.48. The minimum absolute atomic E-state index is 0.0162. The van der Waals surface area contributed by atoms with E-state index in [9.17, 15) is 4.79 Å². The summed E-state index contributed by atoms with van der Waals surface area (Å²) in [6.07, 6.45) is 5.08. The maximum absolute atomic E-state index is 12.4. The van der Waals surface area contributed by atoms with Gasteiger partial charge in [-0.2, -0.15) is 0 Å². The molecule has 0 radical (unpaired) electrons. The molecule has 3 unspecified atom stereocenters. The number of likely N-dealkylation sites (tertiary alicyclic amines) is 1. The molecule has 1 amide bonds. The third kappa shape index (κ3) is 3.96. The van der Waals surface area contributed by atoms with Crippen LogP contribution in [-0.4, -0.2) is 62.3 Å². The quantitative estimate of drug-likeness (QED) is 0.722. The molecule has 5 nitrogen and oxygen atoms in total. The summed E-state index contributed by atoms with van der Waals surface area (Å²) in [4.78, 5) is 15.0. The number of ether oxygens (including phenoxy) is 1. The Morgan fingerprint density at radius 3 is 2.90 bits per heavy atom. The monoisotopic (exact) mass is 295 g/mol. The smallest absolute Gasteiger partial charge is 0.227 e. The molecular formula is C16H29N3O2. The maximum Gasteiger partial charge on any atom is 0.227 e. The molecule has 3 aliphatic rings. The number of carbonyl (C=O) groups is 1. The predicted octanol–water partition coefficient (Wildman–Crippen LogP) is 0.602. The van der Waals surface area contributed by atoms with E-state index in [1.54, 1.807) is 0 Å². The van der Waals surface area contributed by atoms with Crippen LogP contribution in [0.4, 0.5) is 0 Å². The Balaban J connectivity index is 1.39. The summed E-state index contributed by atoms with van der Waals surface area (Å²) >= 11 is 0. The summed E-state index contributed by atoms with van der Waals surface area (Å²) in [6, 6.07) is 1.05. The number of carbonyl (C=O) groups excluding carboxylic acids is 1. The van der Waals surface area contributed by atoms with Crippen LogP contribution in [0.3, 0.4) is 0 Å². The molecule has 120 valence electrons. The van der Waals surface area contributed by atoms with Gasteiger partial charge in [-0.15, -0.1) is 0 Å². The van der Waals surface area contributed by atoms with Crippen LogP contribution in [0.2, 0.25) is 0 Å². The predicted molar refractivity (Wildman–Crippen MR) is 82.1 cm³/mol. The number of nitrogens with one attached hydrogen (secondary N) is 2. The molecule has 0 aromatic heterocycles. The molecule has 1 saturated carbocycles. The largest absolute Gasteiger partial charge is 0.379 e. The minimum Gasteiger partial charge on any atom is -0.379 e.